The Morgan fingerprint density at radius 3 is 2.73 bits per heavy atom. The molecular formula is C19H22N6O. The molecule has 2 aliphatic rings. The van der Waals surface area contributed by atoms with E-state index in [0.29, 0.717) is 12.5 Å². The molecule has 0 spiro atoms. The van der Waals surface area contributed by atoms with Crippen LogP contribution in [0.4, 0.5) is 5.82 Å². The molecule has 1 N–H and O–H groups in total. The number of nitrogens with zero attached hydrogens (tertiary/aromatic N) is 5. The van der Waals surface area contributed by atoms with Gasteiger partial charge in [-0.15, -0.1) is 0 Å². The molecule has 0 atom stereocenters. The number of aromatic nitrogens is 4. The molecule has 1 saturated carbocycles. The highest BCUT2D eigenvalue weighted by Crippen LogP contribution is 2.39. The summed E-state index contributed by atoms with van der Waals surface area (Å²) in [5.41, 5.74) is 2.18. The van der Waals surface area contributed by atoms with Crippen LogP contribution in [-0.2, 0) is 11.3 Å². The lowest BCUT2D eigenvalue weighted by atomic mass is 10.2. The number of anilines is 1. The molecule has 1 saturated heterocycles. The summed E-state index contributed by atoms with van der Waals surface area (Å²) in [4.78, 5) is 16.8. The Balaban J connectivity index is 1.19. The van der Waals surface area contributed by atoms with Gasteiger partial charge in [0, 0.05) is 55.4 Å². The second-order valence-electron chi connectivity index (χ2n) is 7.21. The number of hydrogen-bond acceptors (Lipinski definition) is 4. The molecule has 26 heavy (non-hydrogen) atoms. The third-order valence-corrected chi connectivity index (χ3v) is 5.32. The maximum absolute atomic E-state index is 12.6. The minimum atomic E-state index is 0.123. The summed E-state index contributed by atoms with van der Waals surface area (Å²) in [7, 11) is 0. The number of carbonyl (C=O) groups is 1. The van der Waals surface area contributed by atoms with E-state index in [-0.39, 0.29) is 5.91 Å². The fourth-order valence-electron chi connectivity index (χ4n) is 3.61. The van der Waals surface area contributed by atoms with Crippen molar-refractivity contribution >= 4 is 22.6 Å². The Labute approximate surface area is 151 Å². The average molecular weight is 350 g/mol. The van der Waals surface area contributed by atoms with Gasteiger partial charge in [-0.1, -0.05) is 18.2 Å². The van der Waals surface area contributed by atoms with Gasteiger partial charge in [-0.05, 0) is 18.9 Å². The van der Waals surface area contributed by atoms with E-state index in [4.69, 9.17) is 0 Å². The number of rotatable bonds is 4. The monoisotopic (exact) mass is 350 g/mol. The van der Waals surface area contributed by atoms with Crippen LogP contribution < -0.4 is 4.90 Å². The van der Waals surface area contributed by atoms with E-state index in [0.717, 1.165) is 42.9 Å². The molecule has 5 rings (SSSR count). The van der Waals surface area contributed by atoms with Crippen molar-refractivity contribution in [2.75, 3.05) is 31.1 Å². The predicted octanol–water partition coefficient (Wildman–Crippen LogP) is 1.99. The smallest absolute Gasteiger partial charge is 0.244 e. The van der Waals surface area contributed by atoms with Gasteiger partial charge in [-0.2, -0.15) is 10.2 Å². The van der Waals surface area contributed by atoms with Crippen molar-refractivity contribution in [3.8, 4) is 0 Å². The first-order valence-corrected chi connectivity index (χ1v) is 9.26. The van der Waals surface area contributed by atoms with E-state index in [1.807, 2.05) is 35.4 Å². The molecular weight excluding hydrogens is 328 g/mol. The Kier molecular flexibility index (Phi) is 3.65. The Morgan fingerprint density at radius 2 is 1.96 bits per heavy atom. The Morgan fingerprint density at radius 1 is 1.15 bits per heavy atom. The lowest BCUT2D eigenvalue weighted by Crippen LogP contribution is -2.49. The predicted molar refractivity (Wildman–Crippen MR) is 99.1 cm³/mol. The number of H-pyrrole nitrogens is 1. The maximum Gasteiger partial charge on any atom is 0.244 e. The third kappa shape index (κ3) is 2.94. The first-order valence-electron chi connectivity index (χ1n) is 9.26. The molecule has 0 radical (unpaired) electrons. The molecule has 1 aliphatic carbocycles. The van der Waals surface area contributed by atoms with Crippen molar-refractivity contribution in [1.82, 2.24) is 24.9 Å². The van der Waals surface area contributed by atoms with E-state index >= 15 is 0 Å². The molecule has 0 unspecified atom stereocenters. The van der Waals surface area contributed by atoms with E-state index in [1.165, 1.54) is 18.5 Å². The average Bonchev–Trinajstić information content (AvgIpc) is 3.25. The third-order valence-electron chi connectivity index (χ3n) is 5.32. The molecule has 1 aromatic carbocycles. The number of fused-ring (bicyclic) bond motifs is 1. The van der Waals surface area contributed by atoms with Crippen molar-refractivity contribution in [1.29, 1.82) is 0 Å². The van der Waals surface area contributed by atoms with Crippen LogP contribution in [0.15, 0.2) is 36.5 Å². The minimum Gasteiger partial charge on any atom is -0.352 e. The quantitative estimate of drug-likeness (QED) is 0.781. The number of piperazine rings is 1. The fraction of sp³-hybridized carbons (Fsp3) is 0.421. The number of amides is 1. The summed E-state index contributed by atoms with van der Waals surface area (Å²) in [6.07, 6.45) is 4.48. The van der Waals surface area contributed by atoms with Gasteiger partial charge < -0.3 is 9.80 Å². The van der Waals surface area contributed by atoms with Gasteiger partial charge in [-0.25, -0.2) is 0 Å². The molecule has 7 nitrogen and oxygen atoms in total. The van der Waals surface area contributed by atoms with Crippen LogP contribution in [0.2, 0.25) is 0 Å². The van der Waals surface area contributed by atoms with E-state index in [1.54, 1.807) is 4.68 Å². The van der Waals surface area contributed by atoms with Crippen LogP contribution in [0.1, 0.15) is 24.5 Å². The highest BCUT2D eigenvalue weighted by atomic mass is 16.2. The number of carbonyl (C=O) groups excluding carboxylic acids is 1. The molecule has 7 heteroatoms. The number of hydrogen-bond donors (Lipinski definition) is 1. The zero-order valence-electron chi connectivity index (χ0n) is 14.6. The fourth-order valence-corrected chi connectivity index (χ4v) is 3.61. The molecule has 3 heterocycles. The SMILES string of the molecule is O=C(Cn1cc2ccccc2n1)N1CCN(c2cc(C3CC3)[nH]n2)CC1. The number of benzene rings is 1. The second-order valence-corrected chi connectivity index (χ2v) is 7.21. The van der Waals surface area contributed by atoms with Crippen LogP contribution in [0, 0.1) is 0 Å². The first kappa shape index (κ1) is 15.4. The topological polar surface area (TPSA) is 70.1 Å². The largest absolute Gasteiger partial charge is 0.352 e. The standard InChI is InChI=1S/C19H22N6O/c26-19(13-25-12-15-3-1-2-4-16(15)22-25)24-9-7-23(8-10-24)18-11-17(20-21-18)14-5-6-14/h1-4,11-12,14H,5-10,13H2,(H,20,21). The van der Waals surface area contributed by atoms with Gasteiger partial charge in [0.2, 0.25) is 5.91 Å². The van der Waals surface area contributed by atoms with Crippen LogP contribution in [0.3, 0.4) is 0 Å². The van der Waals surface area contributed by atoms with Crippen molar-refractivity contribution in [2.45, 2.75) is 25.3 Å². The zero-order chi connectivity index (χ0) is 17.5. The molecule has 1 aliphatic heterocycles. The molecule has 134 valence electrons. The highest BCUT2D eigenvalue weighted by Gasteiger charge is 2.27. The summed E-state index contributed by atoms with van der Waals surface area (Å²) in [6, 6.07) is 10.1. The second kappa shape index (κ2) is 6.16. The van der Waals surface area contributed by atoms with Gasteiger partial charge >= 0.3 is 0 Å². The van der Waals surface area contributed by atoms with Crippen LogP contribution in [0.5, 0.6) is 0 Å². The first-order chi connectivity index (χ1) is 12.8. The zero-order valence-corrected chi connectivity index (χ0v) is 14.6. The van der Waals surface area contributed by atoms with Crippen molar-refractivity contribution < 1.29 is 4.79 Å². The van der Waals surface area contributed by atoms with Crippen molar-refractivity contribution in [2.24, 2.45) is 0 Å². The van der Waals surface area contributed by atoms with Gasteiger partial charge in [0.15, 0.2) is 5.82 Å². The molecule has 2 fully saturated rings. The summed E-state index contributed by atoms with van der Waals surface area (Å²) < 4.78 is 1.75. The van der Waals surface area contributed by atoms with E-state index < -0.39 is 0 Å². The lowest BCUT2D eigenvalue weighted by molar-refractivity contribution is -0.132. The van der Waals surface area contributed by atoms with Crippen LogP contribution >= 0.6 is 0 Å². The van der Waals surface area contributed by atoms with Gasteiger partial charge in [0.1, 0.15) is 6.54 Å². The van der Waals surface area contributed by atoms with E-state index in [9.17, 15) is 4.79 Å². The van der Waals surface area contributed by atoms with Crippen molar-refractivity contribution in [3.63, 3.8) is 0 Å². The molecule has 0 bridgehead atoms. The van der Waals surface area contributed by atoms with Crippen molar-refractivity contribution in [3.05, 3.63) is 42.2 Å². The van der Waals surface area contributed by atoms with Gasteiger partial charge in [-0.3, -0.25) is 14.6 Å². The normalized spacial score (nSPS) is 17.8. The van der Waals surface area contributed by atoms with Crippen LogP contribution in [0.25, 0.3) is 10.9 Å². The van der Waals surface area contributed by atoms with Gasteiger partial charge in [0.25, 0.3) is 0 Å². The summed E-state index contributed by atoms with van der Waals surface area (Å²) >= 11 is 0. The highest BCUT2D eigenvalue weighted by molar-refractivity contribution is 5.80. The van der Waals surface area contributed by atoms with Gasteiger partial charge in [0.05, 0.1) is 5.52 Å². The maximum atomic E-state index is 12.6. The lowest BCUT2D eigenvalue weighted by Gasteiger charge is -2.34. The van der Waals surface area contributed by atoms with E-state index in [2.05, 4.69) is 26.3 Å². The summed E-state index contributed by atoms with van der Waals surface area (Å²) in [5.74, 6) is 1.82. The molecule has 2 aromatic heterocycles. The number of aromatic amines is 1. The molecule has 3 aromatic rings. The summed E-state index contributed by atoms with van der Waals surface area (Å²) in [6.45, 7) is 3.39. The minimum absolute atomic E-state index is 0.123. The summed E-state index contributed by atoms with van der Waals surface area (Å²) in [5, 5.41) is 13.2. The Bertz CT molecular complexity index is 899. The molecule has 1 amide bonds. The Hall–Kier alpha value is -2.83. The van der Waals surface area contributed by atoms with Crippen LogP contribution in [-0.4, -0.2) is 57.0 Å². The number of nitrogens with one attached hydrogen (secondary N) is 1.